The normalized spacial score (nSPS) is 12.4. The first-order valence-electron chi connectivity index (χ1n) is 5.24. The van der Waals surface area contributed by atoms with Crippen molar-refractivity contribution in [3.8, 4) is 6.07 Å². The molecule has 5 heteroatoms. The summed E-state index contributed by atoms with van der Waals surface area (Å²) in [5, 5.41) is 13.1. The van der Waals surface area contributed by atoms with Crippen LogP contribution in [0.5, 0.6) is 0 Å². The van der Waals surface area contributed by atoms with E-state index in [1.807, 2.05) is 35.0 Å². The number of hydrogen-bond donors (Lipinski definition) is 0. The summed E-state index contributed by atoms with van der Waals surface area (Å²) in [6, 6.07) is 9.72. The summed E-state index contributed by atoms with van der Waals surface area (Å²) < 4.78 is 2.23. The summed E-state index contributed by atoms with van der Waals surface area (Å²) in [6.07, 6.45) is 0. The first-order chi connectivity index (χ1) is 8.79. The van der Waals surface area contributed by atoms with Crippen molar-refractivity contribution >= 4 is 49.2 Å². The maximum Gasteiger partial charge on any atom is 0.195 e. The van der Waals surface area contributed by atoms with Crippen LogP contribution < -0.4 is 0 Å². The van der Waals surface area contributed by atoms with Gasteiger partial charge in [0.2, 0.25) is 0 Å². The largest absolute Gasteiger partial charge is 0.291 e. The van der Waals surface area contributed by atoms with Crippen LogP contribution in [-0.2, 0) is 0 Å². The summed E-state index contributed by atoms with van der Waals surface area (Å²) in [5.41, 5.74) is 0. The van der Waals surface area contributed by atoms with Crippen molar-refractivity contribution in [3.63, 3.8) is 0 Å². The highest BCUT2D eigenvalue weighted by molar-refractivity contribution is 7.28. The number of carbonyl (C=O) groups excluding carboxylic acids is 1. The Hall–Kier alpha value is -1.48. The standard InChI is InChI=1S/C13H7NOS3/c14-7-8(9-2-1-4-16-9)13(15)12-6-11-10(18-12)3-5-17-11/h1-6,8H. The molecule has 0 saturated carbocycles. The number of ketones is 1. The highest BCUT2D eigenvalue weighted by Gasteiger charge is 2.24. The molecule has 0 aliphatic heterocycles. The predicted molar refractivity (Wildman–Crippen MR) is 76.7 cm³/mol. The molecule has 1 atom stereocenters. The van der Waals surface area contributed by atoms with Crippen molar-refractivity contribution in [2.24, 2.45) is 0 Å². The molecule has 0 amide bonds. The van der Waals surface area contributed by atoms with Gasteiger partial charge in [-0.3, -0.25) is 4.79 Å². The van der Waals surface area contributed by atoms with Crippen LogP contribution in [0.2, 0.25) is 0 Å². The van der Waals surface area contributed by atoms with Gasteiger partial charge in [-0.15, -0.1) is 34.0 Å². The van der Waals surface area contributed by atoms with E-state index in [-0.39, 0.29) is 5.78 Å². The van der Waals surface area contributed by atoms with Gasteiger partial charge in [0, 0.05) is 14.3 Å². The lowest BCUT2D eigenvalue weighted by Gasteiger charge is -2.02. The Morgan fingerprint density at radius 3 is 2.78 bits per heavy atom. The van der Waals surface area contributed by atoms with Crippen LogP contribution in [0.4, 0.5) is 0 Å². The number of hydrogen-bond acceptors (Lipinski definition) is 5. The maximum absolute atomic E-state index is 12.3. The third-order valence-electron chi connectivity index (χ3n) is 2.60. The molecule has 0 bridgehead atoms. The maximum atomic E-state index is 12.3. The van der Waals surface area contributed by atoms with Gasteiger partial charge >= 0.3 is 0 Å². The monoisotopic (exact) mass is 289 g/mol. The van der Waals surface area contributed by atoms with Crippen LogP contribution in [0.3, 0.4) is 0 Å². The molecule has 3 aromatic rings. The van der Waals surface area contributed by atoms with E-state index >= 15 is 0 Å². The van der Waals surface area contributed by atoms with Crippen molar-refractivity contribution in [2.75, 3.05) is 0 Å². The number of nitrogens with zero attached hydrogens (tertiary/aromatic N) is 1. The van der Waals surface area contributed by atoms with E-state index in [1.165, 1.54) is 22.7 Å². The molecular formula is C13H7NOS3. The smallest absolute Gasteiger partial charge is 0.195 e. The Morgan fingerprint density at radius 2 is 2.11 bits per heavy atom. The third-order valence-corrected chi connectivity index (χ3v) is 5.65. The zero-order valence-electron chi connectivity index (χ0n) is 9.12. The number of Topliss-reactive ketones (excluding diaryl/α,β-unsaturated/α-hetero) is 1. The molecule has 1 unspecified atom stereocenters. The van der Waals surface area contributed by atoms with E-state index in [4.69, 9.17) is 0 Å². The average Bonchev–Trinajstić information content (AvgIpc) is 3.05. The highest BCUT2D eigenvalue weighted by Crippen LogP contribution is 2.33. The summed E-state index contributed by atoms with van der Waals surface area (Å²) >= 11 is 4.54. The van der Waals surface area contributed by atoms with Gasteiger partial charge in [0.25, 0.3) is 0 Å². The lowest BCUT2D eigenvalue weighted by atomic mass is 10.0. The molecule has 3 aromatic heterocycles. The lowest BCUT2D eigenvalue weighted by Crippen LogP contribution is -2.08. The second kappa shape index (κ2) is 4.65. The van der Waals surface area contributed by atoms with Gasteiger partial charge in [0.05, 0.1) is 10.9 Å². The predicted octanol–water partition coefficient (Wildman–Crippen LogP) is 4.51. The zero-order valence-corrected chi connectivity index (χ0v) is 11.6. The second-order valence-electron chi connectivity index (χ2n) is 3.70. The Labute approximate surface area is 116 Å². The van der Waals surface area contributed by atoms with Gasteiger partial charge in [0.1, 0.15) is 5.92 Å². The molecule has 3 rings (SSSR count). The fourth-order valence-electron chi connectivity index (χ4n) is 1.74. The lowest BCUT2D eigenvalue weighted by molar-refractivity contribution is 0.0984. The zero-order chi connectivity index (χ0) is 12.5. The topological polar surface area (TPSA) is 40.9 Å². The molecule has 0 spiro atoms. The van der Waals surface area contributed by atoms with Gasteiger partial charge in [-0.2, -0.15) is 5.26 Å². The molecule has 2 nitrogen and oxygen atoms in total. The van der Waals surface area contributed by atoms with Crippen molar-refractivity contribution in [2.45, 2.75) is 5.92 Å². The van der Waals surface area contributed by atoms with Crippen LogP contribution in [0, 0.1) is 11.3 Å². The van der Waals surface area contributed by atoms with E-state index < -0.39 is 5.92 Å². The third kappa shape index (κ3) is 1.89. The molecule has 0 radical (unpaired) electrons. The minimum absolute atomic E-state index is 0.0895. The van der Waals surface area contributed by atoms with Crippen molar-refractivity contribution in [1.29, 1.82) is 5.26 Å². The van der Waals surface area contributed by atoms with Crippen LogP contribution in [0.15, 0.2) is 35.0 Å². The summed E-state index contributed by atoms with van der Waals surface area (Å²) in [4.78, 5) is 13.8. The Morgan fingerprint density at radius 1 is 1.22 bits per heavy atom. The van der Waals surface area contributed by atoms with Gasteiger partial charge in [-0.25, -0.2) is 0 Å². The van der Waals surface area contributed by atoms with Gasteiger partial charge in [-0.05, 0) is 29.0 Å². The second-order valence-corrected chi connectivity index (χ2v) is 6.71. The molecule has 88 valence electrons. The molecule has 0 aromatic carbocycles. The Kier molecular flexibility index (Phi) is 3.00. The minimum Gasteiger partial charge on any atom is -0.291 e. The van der Waals surface area contributed by atoms with E-state index in [1.54, 1.807) is 11.3 Å². The van der Waals surface area contributed by atoms with Crippen molar-refractivity contribution in [3.05, 3.63) is 44.8 Å². The number of fused-ring (bicyclic) bond motifs is 1. The molecule has 0 aliphatic carbocycles. The van der Waals surface area contributed by atoms with Gasteiger partial charge < -0.3 is 0 Å². The highest BCUT2D eigenvalue weighted by atomic mass is 32.1. The van der Waals surface area contributed by atoms with Crippen LogP contribution in [0.1, 0.15) is 20.5 Å². The number of thiophene rings is 3. The van der Waals surface area contributed by atoms with Crippen LogP contribution in [0.25, 0.3) is 9.40 Å². The summed E-state index contributed by atoms with van der Waals surface area (Å²) in [6.45, 7) is 0. The molecule has 0 fully saturated rings. The number of nitriles is 1. The fraction of sp³-hybridized carbons (Fsp3) is 0.0769. The quantitative estimate of drug-likeness (QED) is 0.665. The van der Waals surface area contributed by atoms with Gasteiger partial charge in [-0.1, -0.05) is 6.07 Å². The van der Waals surface area contributed by atoms with Gasteiger partial charge in [0.15, 0.2) is 5.78 Å². The Balaban J connectivity index is 1.99. The van der Waals surface area contributed by atoms with Crippen LogP contribution in [-0.4, -0.2) is 5.78 Å². The van der Waals surface area contributed by atoms with E-state index in [9.17, 15) is 10.1 Å². The number of rotatable bonds is 3. The summed E-state index contributed by atoms with van der Waals surface area (Å²) in [5.74, 6) is -0.758. The van der Waals surface area contributed by atoms with Crippen molar-refractivity contribution < 1.29 is 4.79 Å². The van der Waals surface area contributed by atoms with E-state index in [0.29, 0.717) is 4.88 Å². The summed E-state index contributed by atoms with van der Waals surface area (Å²) in [7, 11) is 0. The SMILES string of the molecule is N#CC(C(=O)c1cc2sccc2s1)c1cccs1. The molecule has 0 aliphatic rings. The van der Waals surface area contributed by atoms with Crippen molar-refractivity contribution in [1.82, 2.24) is 0 Å². The first kappa shape index (κ1) is 11.6. The minimum atomic E-state index is -0.669. The van der Waals surface area contributed by atoms with Crippen LogP contribution >= 0.6 is 34.0 Å². The molecular weight excluding hydrogens is 282 g/mol. The molecule has 0 saturated heterocycles. The average molecular weight is 289 g/mol. The van der Waals surface area contributed by atoms with E-state index in [2.05, 4.69) is 6.07 Å². The molecule has 18 heavy (non-hydrogen) atoms. The molecule has 3 heterocycles. The first-order valence-corrected chi connectivity index (χ1v) is 7.81. The van der Waals surface area contributed by atoms with E-state index in [0.717, 1.165) is 14.3 Å². The number of carbonyl (C=O) groups is 1. The fourth-order valence-corrected chi connectivity index (χ4v) is 4.58. The Bertz CT molecular complexity index is 701. The molecule has 0 N–H and O–H groups in total.